The molecule has 3 aliphatic rings. The van der Waals surface area contributed by atoms with E-state index in [2.05, 4.69) is 58.6 Å². The van der Waals surface area contributed by atoms with Crippen LogP contribution in [0, 0.1) is 5.92 Å². The number of nitrogens with one attached hydrogen (secondary N) is 1. The van der Waals surface area contributed by atoms with E-state index in [0.29, 0.717) is 6.04 Å². The largest absolute Gasteiger partial charge is 0.284 e. The fourth-order valence-electron chi connectivity index (χ4n) is 4.49. The first kappa shape index (κ1) is 13.1. The molecule has 2 aromatic rings. The predicted octanol–water partition coefficient (Wildman–Crippen LogP) is 3.12. The maximum Gasteiger partial charge on any atom is 0.284 e. The zero-order valence-corrected chi connectivity index (χ0v) is 13.0. The first-order valence-corrected chi connectivity index (χ1v) is 8.50. The lowest BCUT2D eigenvalue weighted by atomic mass is 9.85. The van der Waals surface area contributed by atoms with Crippen LogP contribution in [-0.4, -0.2) is 22.3 Å². The highest BCUT2D eigenvalue weighted by atomic mass is 16.2. The van der Waals surface area contributed by atoms with Crippen LogP contribution in [0.15, 0.2) is 48.5 Å². The Labute approximate surface area is 135 Å². The Kier molecular flexibility index (Phi) is 2.72. The normalized spacial score (nSPS) is 25.0. The van der Waals surface area contributed by atoms with Crippen molar-refractivity contribution in [1.29, 1.82) is 0 Å². The Hall–Kier alpha value is -2.42. The van der Waals surface area contributed by atoms with Crippen LogP contribution in [0.4, 0.5) is 0 Å². The molecule has 1 heterocycles. The van der Waals surface area contributed by atoms with Crippen LogP contribution in [0.5, 0.6) is 0 Å². The van der Waals surface area contributed by atoms with E-state index in [-0.39, 0.29) is 11.8 Å². The third-order valence-corrected chi connectivity index (χ3v) is 5.52. The topological polar surface area (TPSA) is 32.1 Å². The Morgan fingerprint density at radius 3 is 2.04 bits per heavy atom. The number of amides is 1. The van der Waals surface area contributed by atoms with Gasteiger partial charge in [0.25, 0.3) is 5.91 Å². The Balaban J connectivity index is 1.78. The Morgan fingerprint density at radius 2 is 1.39 bits per heavy atom. The van der Waals surface area contributed by atoms with Gasteiger partial charge in [-0.25, -0.2) is 0 Å². The van der Waals surface area contributed by atoms with E-state index in [4.69, 9.17) is 0 Å². The summed E-state index contributed by atoms with van der Waals surface area (Å²) < 4.78 is 2.18. The maximum absolute atomic E-state index is 12.4. The quantitative estimate of drug-likeness (QED) is 0.636. The van der Waals surface area contributed by atoms with E-state index in [1.165, 1.54) is 40.8 Å². The van der Waals surface area contributed by atoms with Crippen LogP contribution in [-0.2, 0) is 4.79 Å². The van der Waals surface area contributed by atoms with Crippen LogP contribution in [0.1, 0.15) is 36.8 Å². The molecule has 0 unspecified atom stereocenters. The van der Waals surface area contributed by atoms with E-state index in [1.807, 2.05) is 0 Å². The van der Waals surface area contributed by atoms with Gasteiger partial charge in [-0.2, -0.15) is 0 Å². The number of nitrogens with zero attached hydrogens (tertiary/aromatic N) is 1. The second kappa shape index (κ2) is 4.79. The number of fused-ring (bicyclic) bond motifs is 4. The molecule has 1 saturated heterocycles. The number of hydrogen-bond donors (Lipinski definition) is 1. The number of rotatable bonds is 0. The minimum Gasteiger partial charge on any atom is -0.269 e. The molecule has 0 bridgehead atoms. The summed E-state index contributed by atoms with van der Waals surface area (Å²) in [6.45, 7) is 0. The fraction of sp³-hybridized carbons (Fsp3) is 0.300. The Bertz CT molecular complexity index is 805. The van der Waals surface area contributed by atoms with Crippen molar-refractivity contribution in [3.05, 3.63) is 59.7 Å². The smallest absolute Gasteiger partial charge is 0.269 e. The number of benzene rings is 2. The standard InChI is InChI=1S/C20H18N2O/c23-20-17-11-5-6-12-18(17)22(21-20)19-15-9-3-1-7-13(15)14-8-2-4-10-16(14)19/h1-4,7-10,17-18H,5-6,11-12H2/p+1/t17-,18+/m1/s1. The number of hydrazone groups is 1. The minimum absolute atomic E-state index is 0.149. The number of carbonyl (C=O) groups is 1. The first-order valence-electron chi connectivity index (χ1n) is 8.50. The van der Waals surface area contributed by atoms with E-state index in [9.17, 15) is 4.79 Å². The molecular weight excluding hydrogens is 284 g/mol. The van der Waals surface area contributed by atoms with Gasteiger partial charge in [0.2, 0.25) is 5.71 Å². The minimum atomic E-state index is 0.149. The summed E-state index contributed by atoms with van der Waals surface area (Å²) in [6.07, 6.45) is 4.49. The van der Waals surface area contributed by atoms with Gasteiger partial charge >= 0.3 is 0 Å². The van der Waals surface area contributed by atoms with Gasteiger partial charge in [0.15, 0.2) is 6.04 Å². The van der Waals surface area contributed by atoms with E-state index in [0.717, 1.165) is 12.8 Å². The number of hydrazine groups is 1. The van der Waals surface area contributed by atoms with Crippen LogP contribution in [0.3, 0.4) is 0 Å². The van der Waals surface area contributed by atoms with Gasteiger partial charge in [-0.05, 0) is 36.1 Å². The lowest BCUT2D eigenvalue weighted by Crippen LogP contribution is -2.36. The van der Waals surface area contributed by atoms with Crippen LogP contribution in [0.25, 0.3) is 11.1 Å². The molecule has 1 amide bonds. The molecular formula is C20H19N2O+. The van der Waals surface area contributed by atoms with Crippen molar-refractivity contribution in [1.82, 2.24) is 5.43 Å². The van der Waals surface area contributed by atoms with Crippen molar-refractivity contribution in [3.8, 4) is 11.1 Å². The third-order valence-electron chi connectivity index (χ3n) is 5.52. The van der Waals surface area contributed by atoms with Gasteiger partial charge in [-0.3, -0.25) is 4.79 Å². The lowest BCUT2D eigenvalue weighted by molar-refractivity contribution is -0.598. The summed E-state index contributed by atoms with van der Waals surface area (Å²) >= 11 is 0. The summed E-state index contributed by atoms with van der Waals surface area (Å²) in [5, 5.41) is 0. The zero-order valence-electron chi connectivity index (χ0n) is 13.0. The SMILES string of the molecule is O=C1N[N+](=C2c3ccccc3-c3ccccc32)[C@H]2CCCC[C@@H]12. The zero-order chi connectivity index (χ0) is 15.4. The van der Waals surface area contributed by atoms with Gasteiger partial charge in [-0.1, -0.05) is 42.8 Å². The molecule has 1 aliphatic heterocycles. The second-order valence-corrected chi connectivity index (χ2v) is 6.74. The van der Waals surface area contributed by atoms with Gasteiger partial charge in [0.05, 0.1) is 11.1 Å². The van der Waals surface area contributed by atoms with Crippen molar-refractivity contribution >= 4 is 11.6 Å². The molecule has 23 heavy (non-hydrogen) atoms. The van der Waals surface area contributed by atoms with Gasteiger partial charge < -0.3 is 0 Å². The predicted molar refractivity (Wildman–Crippen MR) is 89.2 cm³/mol. The van der Waals surface area contributed by atoms with Crippen LogP contribution >= 0.6 is 0 Å². The first-order chi connectivity index (χ1) is 11.3. The van der Waals surface area contributed by atoms with Crippen molar-refractivity contribution in [2.75, 3.05) is 0 Å². The number of carbonyl (C=O) groups excluding carboxylic acids is 1. The third kappa shape index (κ3) is 1.76. The molecule has 0 radical (unpaired) electrons. The molecule has 2 aliphatic carbocycles. The molecule has 1 N–H and O–H groups in total. The van der Waals surface area contributed by atoms with E-state index < -0.39 is 0 Å². The molecule has 3 heteroatoms. The van der Waals surface area contributed by atoms with Crippen molar-refractivity contribution in [2.45, 2.75) is 31.7 Å². The average molecular weight is 303 g/mol. The van der Waals surface area contributed by atoms with Crippen molar-refractivity contribution in [2.24, 2.45) is 5.92 Å². The fourth-order valence-corrected chi connectivity index (χ4v) is 4.49. The highest BCUT2D eigenvalue weighted by Crippen LogP contribution is 2.38. The number of hydrogen-bond acceptors (Lipinski definition) is 1. The maximum atomic E-state index is 12.4. The summed E-state index contributed by atoms with van der Waals surface area (Å²) in [5.74, 6) is 0.347. The summed E-state index contributed by atoms with van der Waals surface area (Å²) in [4.78, 5) is 12.4. The monoisotopic (exact) mass is 303 g/mol. The van der Waals surface area contributed by atoms with E-state index in [1.54, 1.807) is 0 Å². The average Bonchev–Trinajstić information content (AvgIpc) is 3.11. The molecule has 114 valence electrons. The van der Waals surface area contributed by atoms with Crippen LogP contribution < -0.4 is 5.43 Å². The highest BCUT2D eigenvalue weighted by Gasteiger charge is 2.49. The highest BCUT2D eigenvalue weighted by molar-refractivity contribution is 6.22. The summed E-state index contributed by atoms with van der Waals surface area (Å²) in [5.41, 5.74) is 9.37. The summed E-state index contributed by atoms with van der Waals surface area (Å²) in [7, 11) is 0. The van der Waals surface area contributed by atoms with Gasteiger partial charge in [0.1, 0.15) is 5.92 Å². The van der Waals surface area contributed by atoms with Crippen LogP contribution in [0.2, 0.25) is 0 Å². The summed E-state index contributed by atoms with van der Waals surface area (Å²) in [6, 6.07) is 17.3. The molecule has 2 fully saturated rings. The van der Waals surface area contributed by atoms with Gasteiger partial charge in [0, 0.05) is 6.42 Å². The lowest BCUT2D eigenvalue weighted by Gasteiger charge is -2.18. The van der Waals surface area contributed by atoms with Gasteiger partial charge in [-0.15, -0.1) is 10.1 Å². The molecule has 1 saturated carbocycles. The van der Waals surface area contributed by atoms with E-state index >= 15 is 0 Å². The molecule has 3 nitrogen and oxygen atoms in total. The molecule has 5 rings (SSSR count). The molecule has 0 aromatic heterocycles. The molecule has 2 atom stereocenters. The van der Waals surface area contributed by atoms with Crippen molar-refractivity contribution < 1.29 is 9.48 Å². The Morgan fingerprint density at radius 1 is 0.826 bits per heavy atom. The molecule has 0 spiro atoms. The van der Waals surface area contributed by atoms with Crippen molar-refractivity contribution in [3.63, 3.8) is 0 Å². The molecule has 2 aromatic carbocycles. The second-order valence-electron chi connectivity index (χ2n) is 6.74.